The van der Waals surface area contributed by atoms with E-state index in [1.807, 2.05) is 26.8 Å². The van der Waals surface area contributed by atoms with Crippen molar-refractivity contribution >= 4 is 0 Å². The quantitative estimate of drug-likeness (QED) is 0.747. The zero-order valence-electron chi connectivity index (χ0n) is 10.8. The molecule has 17 heavy (non-hydrogen) atoms. The number of halogens is 1. The van der Waals surface area contributed by atoms with Gasteiger partial charge in [-0.2, -0.15) is 0 Å². The Labute approximate surface area is 103 Å². The van der Waals surface area contributed by atoms with Gasteiger partial charge in [0.15, 0.2) is 0 Å². The normalized spacial score (nSPS) is 14.9. The van der Waals surface area contributed by atoms with Crippen LogP contribution in [-0.2, 0) is 6.42 Å². The summed E-state index contributed by atoms with van der Waals surface area (Å²) in [6.07, 6.45) is 0.640. The number of hydrogen-bond donors (Lipinski definition) is 2. The van der Waals surface area contributed by atoms with E-state index >= 15 is 0 Å². The molecule has 0 radical (unpaired) electrons. The molecule has 1 aromatic carbocycles. The van der Waals surface area contributed by atoms with Crippen molar-refractivity contribution in [3.05, 3.63) is 35.6 Å². The molecule has 0 heterocycles. The second-order valence-corrected chi connectivity index (χ2v) is 5.03. The van der Waals surface area contributed by atoms with E-state index < -0.39 is 5.60 Å². The Balaban J connectivity index is 2.32. The maximum atomic E-state index is 13.3. The van der Waals surface area contributed by atoms with Gasteiger partial charge in [-0.25, -0.2) is 4.39 Å². The molecular formula is C14H22FNO. The first-order chi connectivity index (χ1) is 7.93. The second-order valence-electron chi connectivity index (χ2n) is 5.03. The van der Waals surface area contributed by atoms with Crippen molar-refractivity contribution in [3.63, 3.8) is 0 Å². The predicted molar refractivity (Wildman–Crippen MR) is 68.4 cm³/mol. The van der Waals surface area contributed by atoms with Crippen LogP contribution in [0.3, 0.4) is 0 Å². The molecule has 0 aliphatic rings. The largest absolute Gasteiger partial charge is 0.389 e. The molecule has 0 aliphatic heterocycles. The predicted octanol–water partition coefficient (Wildman–Crippen LogP) is 2.36. The monoisotopic (exact) mass is 239 g/mol. The summed E-state index contributed by atoms with van der Waals surface area (Å²) in [6.45, 7) is 6.98. The van der Waals surface area contributed by atoms with Crippen LogP contribution in [0.5, 0.6) is 0 Å². The standard InChI is InChI=1S/C14H22FNO/c1-11(2)14(3,17)10-16-9-8-12-6-4-5-7-13(12)15/h4-7,11,16-17H,8-10H2,1-3H3. The zero-order chi connectivity index (χ0) is 12.9. The van der Waals surface area contributed by atoms with Crippen LogP contribution in [0.15, 0.2) is 24.3 Å². The highest BCUT2D eigenvalue weighted by atomic mass is 19.1. The van der Waals surface area contributed by atoms with Crippen LogP contribution in [0.4, 0.5) is 4.39 Å². The molecule has 0 aromatic heterocycles. The number of benzene rings is 1. The summed E-state index contributed by atoms with van der Waals surface area (Å²) in [5.41, 5.74) is -0.000850. The van der Waals surface area contributed by atoms with Gasteiger partial charge in [-0.1, -0.05) is 32.0 Å². The van der Waals surface area contributed by atoms with Gasteiger partial charge in [0.05, 0.1) is 5.60 Å². The van der Waals surface area contributed by atoms with Crippen LogP contribution in [0, 0.1) is 11.7 Å². The van der Waals surface area contributed by atoms with Crippen molar-refractivity contribution in [3.8, 4) is 0 Å². The minimum atomic E-state index is -0.713. The molecule has 1 rings (SSSR count). The van der Waals surface area contributed by atoms with Gasteiger partial charge in [0.1, 0.15) is 5.82 Å². The summed E-state index contributed by atoms with van der Waals surface area (Å²) in [7, 11) is 0. The summed E-state index contributed by atoms with van der Waals surface area (Å²) >= 11 is 0. The second kappa shape index (κ2) is 6.12. The zero-order valence-corrected chi connectivity index (χ0v) is 10.8. The molecule has 0 saturated carbocycles. The molecule has 96 valence electrons. The van der Waals surface area contributed by atoms with Crippen molar-refractivity contribution < 1.29 is 9.50 Å². The molecule has 0 fully saturated rings. The van der Waals surface area contributed by atoms with E-state index in [1.54, 1.807) is 12.1 Å². The van der Waals surface area contributed by atoms with E-state index in [2.05, 4.69) is 5.32 Å². The van der Waals surface area contributed by atoms with Crippen molar-refractivity contribution in [1.29, 1.82) is 0 Å². The van der Waals surface area contributed by atoms with Crippen molar-refractivity contribution in [2.24, 2.45) is 5.92 Å². The van der Waals surface area contributed by atoms with Crippen LogP contribution >= 0.6 is 0 Å². The highest BCUT2D eigenvalue weighted by Crippen LogP contribution is 2.14. The Morgan fingerprint density at radius 1 is 1.35 bits per heavy atom. The van der Waals surface area contributed by atoms with Gasteiger partial charge in [0, 0.05) is 6.54 Å². The van der Waals surface area contributed by atoms with E-state index in [1.165, 1.54) is 6.07 Å². The minimum absolute atomic E-state index is 0.162. The highest BCUT2D eigenvalue weighted by Gasteiger charge is 2.23. The van der Waals surface area contributed by atoms with Gasteiger partial charge in [0.2, 0.25) is 0 Å². The molecule has 0 saturated heterocycles. The molecule has 3 heteroatoms. The highest BCUT2D eigenvalue weighted by molar-refractivity contribution is 5.17. The van der Waals surface area contributed by atoms with Crippen LogP contribution in [0.1, 0.15) is 26.3 Å². The topological polar surface area (TPSA) is 32.3 Å². The lowest BCUT2D eigenvalue weighted by Gasteiger charge is -2.28. The lowest BCUT2D eigenvalue weighted by Crippen LogP contribution is -2.42. The summed E-state index contributed by atoms with van der Waals surface area (Å²) in [5.74, 6) is 0.0355. The van der Waals surface area contributed by atoms with Crippen molar-refractivity contribution in [1.82, 2.24) is 5.32 Å². The van der Waals surface area contributed by atoms with E-state index in [-0.39, 0.29) is 11.7 Å². The third-order valence-corrected chi connectivity index (χ3v) is 3.26. The Hall–Kier alpha value is -0.930. The molecule has 0 aliphatic carbocycles. The Morgan fingerprint density at radius 2 is 2.00 bits per heavy atom. The van der Waals surface area contributed by atoms with Gasteiger partial charge >= 0.3 is 0 Å². The van der Waals surface area contributed by atoms with Gasteiger partial charge in [-0.15, -0.1) is 0 Å². The Morgan fingerprint density at radius 3 is 2.59 bits per heavy atom. The fourth-order valence-electron chi connectivity index (χ4n) is 1.47. The molecule has 0 spiro atoms. The lowest BCUT2D eigenvalue weighted by molar-refractivity contribution is 0.0145. The third kappa shape index (κ3) is 4.44. The molecule has 2 nitrogen and oxygen atoms in total. The third-order valence-electron chi connectivity index (χ3n) is 3.26. The van der Waals surface area contributed by atoms with E-state index in [0.717, 1.165) is 0 Å². The number of nitrogens with one attached hydrogen (secondary N) is 1. The van der Waals surface area contributed by atoms with Crippen molar-refractivity contribution in [2.45, 2.75) is 32.8 Å². The smallest absolute Gasteiger partial charge is 0.126 e. The van der Waals surface area contributed by atoms with E-state index in [9.17, 15) is 9.50 Å². The maximum absolute atomic E-state index is 13.3. The van der Waals surface area contributed by atoms with Crippen LogP contribution < -0.4 is 5.32 Å². The molecule has 1 unspecified atom stereocenters. The summed E-state index contributed by atoms with van der Waals surface area (Å²) in [5, 5.41) is 13.2. The molecule has 0 amide bonds. The number of hydrogen-bond acceptors (Lipinski definition) is 2. The minimum Gasteiger partial charge on any atom is -0.389 e. The van der Waals surface area contributed by atoms with Gasteiger partial charge in [0.25, 0.3) is 0 Å². The van der Waals surface area contributed by atoms with Crippen LogP contribution in [-0.4, -0.2) is 23.8 Å². The fraction of sp³-hybridized carbons (Fsp3) is 0.571. The van der Waals surface area contributed by atoms with Crippen LogP contribution in [0.25, 0.3) is 0 Å². The van der Waals surface area contributed by atoms with Crippen molar-refractivity contribution in [2.75, 3.05) is 13.1 Å². The summed E-state index contributed by atoms with van der Waals surface area (Å²) in [4.78, 5) is 0. The molecule has 1 aromatic rings. The first-order valence-corrected chi connectivity index (χ1v) is 6.10. The average molecular weight is 239 g/mol. The molecule has 1 atom stereocenters. The summed E-state index contributed by atoms with van der Waals surface area (Å²) in [6, 6.07) is 6.79. The first kappa shape index (κ1) is 14.1. The molecule has 2 N–H and O–H groups in total. The Kier molecular flexibility index (Phi) is 5.09. The van der Waals surface area contributed by atoms with Gasteiger partial charge < -0.3 is 10.4 Å². The SMILES string of the molecule is CC(C)C(C)(O)CNCCc1ccccc1F. The lowest BCUT2D eigenvalue weighted by atomic mass is 9.92. The van der Waals surface area contributed by atoms with Crippen LogP contribution in [0.2, 0.25) is 0 Å². The number of aliphatic hydroxyl groups is 1. The first-order valence-electron chi connectivity index (χ1n) is 6.10. The van der Waals surface area contributed by atoms with E-state index in [0.29, 0.717) is 25.1 Å². The Bertz CT molecular complexity index is 350. The maximum Gasteiger partial charge on any atom is 0.126 e. The summed E-state index contributed by atoms with van der Waals surface area (Å²) < 4.78 is 13.3. The molecule has 0 bridgehead atoms. The van der Waals surface area contributed by atoms with E-state index in [4.69, 9.17) is 0 Å². The van der Waals surface area contributed by atoms with Gasteiger partial charge in [-0.3, -0.25) is 0 Å². The number of rotatable bonds is 6. The van der Waals surface area contributed by atoms with Gasteiger partial charge in [-0.05, 0) is 37.4 Å². The molecular weight excluding hydrogens is 217 g/mol. The average Bonchev–Trinajstić information content (AvgIpc) is 2.26. The fourth-order valence-corrected chi connectivity index (χ4v) is 1.47.